The van der Waals surface area contributed by atoms with Crippen LogP contribution in [0.5, 0.6) is 28.7 Å². The Morgan fingerprint density at radius 2 is 1.66 bits per heavy atom. The fourth-order valence-electron chi connectivity index (χ4n) is 5.24. The number of hydrogen-bond acceptors (Lipinski definition) is 12. The predicted molar refractivity (Wildman–Crippen MR) is 137 cm³/mol. The van der Waals surface area contributed by atoms with E-state index in [4.69, 9.17) is 12.6 Å². The lowest BCUT2D eigenvalue weighted by Crippen LogP contribution is -2.63. The standard InChI is InChI=1S/C25H26BFN4O10/c26-15-10(16(27)19(34)12(18(15)33)8-30-3-5-41-6-4-30)7-28-17-11-9-31(25(40)2-1-13(32)29-24(25)39)23(38)14(11)20(35)22(37)21(17)36/h28,33-37,40H,1-9H2,(H,29,32,39). The summed E-state index contributed by atoms with van der Waals surface area (Å²) >= 11 is 0. The van der Waals surface area contributed by atoms with E-state index >= 15 is 4.39 Å². The summed E-state index contributed by atoms with van der Waals surface area (Å²) < 4.78 is 20.6. The van der Waals surface area contributed by atoms with E-state index in [9.17, 15) is 45.0 Å². The lowest BCUT2D eigenvalue weighted by Gasteiger charge is -2.37. The quantitative estimate of drug-likeness (QED) is 0.0876. The third-order valence-corrected chi connectivity index (χ3v) is 7.62. The third kappa shape index (κ3) is 4.53. The summed E-state index contributed by atoms with van der Waals surface area (Å²) in [5, 5.41) is 68.1. The number of anilines is 1. The molecule has 8 N–H and O–H groups in total. The molecule has 2 aromatic rings. The summed E-state index contributed by atoms with van der Waals surface area (Å²) in [6.45, 7) is 0.666. The number of nitrogens with one attached hydrogen (secondary N) is 2. The fourth-order valence-corrected chi connectivity index (χ4v) is 5.24. The maximum absolute atomic E-state index is 15.3. The van der Waals surface area contributed by atoms with Crippen LogP contribution >= 0.6 is 0 Å². The molecule has 2 radical (unpaired) electrons. The van der Waals surface area contributed by atoms with E-state index in [0.717, 1.165) is 0 Å². The van der Waals surface area contributed by atoms with E-state index in [0.29, 0.717) is 31.2 Å². The van der Waals surface area contributed by atoms with Crippen molar-refractivity contribution in [3.63, 3.8) is 0 Å². The van der Waals surface area contributed by atoms with Crippen LogP contribution in [0.1, 0.15) is 39.9 Å². The number of carbonyl (C=O) groups excluding carboxylic acids is 3. The Balaban J connectivity index is 1.47. The van der Waals surface area contributed by atoms with Crippen molar-refractivity contribution in [1.29, 1.82) is 0 Å². The van der Waals surface area contributed by atoms with Gasteiger partial charge in [-0.05, 0) is 5.46 Å². The second kappa shape index (κ2) is 10.3. The van der Waals surface area contributed by atoms with Gasteiger partial charge >= 0.3 is 0 Å². The molecule has 41 heavy (non-hydrogen) atoms. The number of fused-ring (bicyclic) bond motifs is 1. The number of morpholine rings is 1. The van der Waals surface area contributed by atoms with E-state index in [1.54, 1.807) is 0 Å². The zero-order valence-electron chi connectivity index (χ0n) is 21.5. The average Bonchev–Trinajstić information content (AvgIpc) is 3.30. The minimum Gasteiger partial charge on any atom is -0.508 e. The first kappa shape index (κ1) is 28.3. The minimum atomic E-state index is -2.48. The fraction of sp³-hybridized carbons (Fsp3) is 0.400. The Bertz CT molecular complexity index is 1450. The molecule has 0 bridgehead atoms. The maximum atomic E-state index is 15.3. The van der Waals surface area contributed by atoms with E-state index in [2.05, 4.69) is 5.32 Å². The SMILES string of the molecule is [B]c1c(O)c(CN2CCOCC2)c(O)c(F)c1CNc1c(O)c(O)c(O)c2c1CN(C1(O)CCC(=O)NC1=O)C2=O. The van der Waals surface area contributed by atoms with Crippen LogP contribution in [0.25, 0.3) is 0 Å². The number of carbonyl (C=O) groups is 3. The molecule has 0 saturated carbocycles. The summed E-state index contributed by atoms with van der Waals surface area (Å²) in [6.07, 6.45) is -0.737. The highest BCUT2D eigenvalue weighted by Gasteiger charge is 2.52. The maximum Gasteiger partial charge on any atom is 0.279 e. The van der Waals surface area contributed by atoms with Crippen LogP contribution in [-0.2, 0) is 34.0 Å². The van der Waals surface area contributed by atoms with Gasteiger partial charge in [0.25, 0.3) is 11.8 Å². The Morgan fingerprint density at radius 1 is 0.976 bits per heavy atom. The molecule has 0 aromatic heterocycles. The van der Waals surface area contributed by atoms with Crippen LogP contribution in [0.2, 0.25) is 0 Å². The number of rotatable bonds is 6. The smallest absolute Gasteiger partial charge is 0.279 e. The number of hydrogen-bond donors (Lipinski definition) is 8. The number of nitrogens with zero attached hydrogens (tertiary/aromatic N) is 2. The topological polar surface area (TPSA) is 212 Å². The molecule has 0 aliphatic carbocycles. The molecular weight excluding hydrogens is 546 g/mol. The highest BCUT2D eigenvalue weighted by atomic mass is 19.1. The lowest BCUT2D eigenvalue weighted by atomic mass is 9.86. The van der Waals surface area contributed by atoms with Gasteiger partial charge < -0.3 is 40.7 Å². The number of halogens is 1. The molecule has 2 saturated heterocycles. The van der Waals surface area contributed by atoms with Gasteiger partial charge in [0.05, 0.1) is 36.6 Å². The number of aromatic hydroxyl groups is 5. The number of amides is 3. The van der Waals surface area contributed by atoms with Crippen molar-refractivity contribution in [1.82, 2.24) is 15.1 Å². The number of benzene rings is 2. The van der Waals surface area contributed by atoms with Crippen molar-refractivity contribution < 1.29 is 54.2 Å². The Hall–Kier alpha value is -4.28. The zero-order valence-corrected chi connectivity index (χ0v) is 21.5. The summed E-state index contributed by atoms with van der Waals surface area (Å²) in [6, 6.07) is 0. The second-order valence-corrected chi connectivity index (χ2v) is 9.98. The lowest BCUT2D eigenvalue weighted by molar-refractivity contribution is -0.167. The van der Waals surface area contributed by atoms with Gasteiger partial charge in [0.15, 0.2) is 23.1 Å². The third-order valence-electron chi connectivity index (χ3n) is 7.62. The summed E-state index contributed by atoms with van der Waals surface area (Å²) in [5.41, 5.74) is -4.53. The Morgan fingerprint density at radius 3 is 2.32 bits per heavy atom. The molecular formula is C25H26BFN4O10. The summed E-state index contributed by atoms with van der Waals surface area (Å²) in [5.74, 6) is -8.57. The van der Waals surface area contributed by atoms with Gasteiger partial charge in [0.2, 0.25) is 17.4 Å². The number of ether oxygens (including phenoxy) is 1. The van der Waals surface area contributed by atoms with E-state index in [1.807, 2.05) is 10.2 Å². The zero-order chi connectivity index (χ0) is 29.8. The Labute approximate surface area is 233 Å². The van der Waals surface area contributed by atoms with Crippen molar-refractivity contribution in [2.45, 2.75) is 38.2 Å². The van der Waals surface area contributed by atoms with Gasteiger partial charge in [-0.25, -0.2) is 4.39 Å². The van der Waals surface area contributed by atoms with E-state index in [1.165, 1.54) is 0 Å². The molecule has 3 aliphatic rings. The monoisotopic (exact) mass is 572 g/mol. The number of piperidine rings is 1. The average molecular weight is 572 g/mol. The summed E-state index contributed by atoms with van der Waals surface area (Å²) in [7, 11) is 6.01. The summed E-state index contributed by atoms with van der Waals surface area (Å²) in [4.78, 5) is 39.7. The highest BCUT2D eigenvalue weighted by molar-refractivity contribution is 6.35. The molecule has 1 atom stereocenters. The molecule has 3 heterocycles. The van der Waals surface area contributed by atoms with Gasteiger partial charge in [-0.2, -0.15) is 0 Å². The highest BCUT2D eigenvalue weighted by Crippen LogP contribution is 2.51. The molecule has 2 aromatic carbocycles. The van der Waals surface area contributed by atoms with E-state index in [-0.39, 0.29) is 29.8 Å². The minimum absolute atomic E-state index is 0.00395. The van der Waals surface area contributed by atoms with Crippen LogP contribution in [0, 0.1) is 5.82 Å². The van der Waals surface area contributed by atoms with Crippen molar-refractivity contribution >= 4 is 36.7 Å². The first-order chi connectivity index (χ1) is 19.4. The van der Waals surface area contributed by atoms with Crippen LogP contribution in [-0.4, -0.2) is 98.0 Å². The molecule has 5 rings (SSSR count). The Kier molecular flexibility index (Phi) is 7.09. The largest absolute Gasteiger partial charge is 0.508 e. The first-order valence-corrected chi connectivity index (χ1v) is 12.6. The molecule has 0 spiro atoms. The first-order valence-electron chi connectivity index (χ1n) is 12.6. The van der Waals surface area contributed by atoms with Crippen molar-refractivity contribution in [2.75, 3.05) is 31.6 Å². The van der Waals surface area contributed by atoms with Gasteiger partial charge in [-0.1, -0.05) is 0 Å². The second-order valence-electron chi connectivity index (χ2n) is 9.98. The van der Waals surface area contributed by atoms with E-state index < -0.39 is 94.1 Å². The van der Waals surface area contributed by atoms with Crippen LogP contribution in [0.15, 0.2) is 0 Å². The molecule has 3 amide bonds. The van der Waals surface area contributed by atoms with Crippen LogP contribution < -0.4 is 16.1 Å². The van der Waals surface area contributed by atoms with Crippen molar-refractivity contribution in [3.8, 4) is 28.7 Å². The van der Waals surface area contributed by atoms with Crippen LogP contribution in [0.3, 0.4) is 0 Å². The molecule has 216 valence electrons. The van der Waals surface area contributed by atoms with Gasteiger partial charge in [-0.15, -0.1) is 0 Å². The predicted octanol–water partition coefficient (Wildman–Crippen LogP) is -1.33. The number of phenols is 5. The molecule has 16 heteroatoms. The number of aliphatic hydroxyl groups is 1. The van der Waals surface area contributed by atoms with Crippen molar-refractivity contribution in [2.24, 2.45) is 0 Å². The van der Waals surface area contributed by atoms with Gasteiger partial charge in [-0.3, -0.25) is 29.5 Å². The molecule has 3 aliphatic heterocycles. The number of imide groups is 1. The number of phenolic OH excluding ortho intramolecular Hbond substituents is 5. The molecule has 2 fully saturated rings. The van der Waals surface area contributed by atoms with Crippen molar-refractivity contribution in [3.05, 3.63) is 28.1 Å². The van der Waals surface area contributed by atoms with Gasteiger partial charge in [0, 0.05) is 50.1 Å². The normalized spacial score (nSPS) is 21.2. The molecule has 1 unspecified atom stereocenters. The van der Waals surface area contributed by atoms with Crippen LogP contribution in [0.4, 0.5) is 10.1 Å². The van der Waals surface area contributed by atoms with Gasteiger partial charge in [0.1, 0.15) is 13.6 Å². The molecule has 14 nitrogen and oxygen atoms in total.